The van der Waals surface area contributed by atoms with Gasteiger partial charge < -0.3 is 19.6 Å². The molecule has 1 aromatic carbocycles. The number of ether oxygens (including phenoxy) is 1. The van der Waals surface area contributed by atoms with Gasteiger partial charge in [-0.1, -0.05) is 37.0 Å². The number of hydrogen-bond acceptors (Lipinski definition) is 5. The van der Waals surface area contributed by atoms with Gasteiger partial charge in [-0.3, -0.25) is 9.59 Å². The van der Waals surface area contributed by atoms with Crippen LogP contribution in [0.3, 0.4) is 0 Å². The van der Waals surface area contributed by atoms with E-state index in [9.17, 15) is 14.7 Å². The Kier molecular flexibility index (Phi) is 7.49. The predicted octanol–water partition coefficient (Wildman–Crippen LogP) is 2.18. The minimum Gasteiger partial charge on any atom is -0.472 e. The summed E-state index contributed by atoms with van der Waals surface area (Å²) in [6.45, 7) is 5.86. The Morgan fingerprint density at radius 1 is 1.31 bits per heavy atom. The molecule has 0 bridgehead atoms. The van der Waals surface area contributed by atoms with E-state index in [4.69, 9.17) is 4.74 Å². The van der Waals surface area contributed by atoms with Gasteiger partial charge in [-0.25, -0.2) is 4.98 Å². The number of aromatic nitrogens is 1. The van der Waals surface area contributed by atoms with Crippen LogP contribution in [0.2, 0.25) is 0 Å². The average Bonchev–Trinajstić information content (AvgIpc) is 2.80. The maximum atomic E-state index is 13.4. The first-order valence-corrected chi connectivity index (χ1v) is 10.7. The summed E-state index contributed by atoms with van der Waals surface area (Å²) < 4.78 is 6.16. The number of benzene rings is 1. The molecule has 2 amide bonds. The van der Waals surface area contributed by atoms with Crippen molar-refractivity contribution in [3.63, 3.8) is 0 Å². The fourth-order valence-electron chi connectivity index (χ4n) is 3.45. The molecule has 0 saturated carbocycles. The molecular formula is C25H29N3O4. The van der Waals surface area contributed by atoms with Crippen molar-refractivity contribution in [2.24, 2.45) is 5.92 Å². The van der Waals surface area contributed by atoms with E-state index in [0.717, 1.165) is 5.56 Å². The molecule has 0 unspecified atom stereocenters. The van der Waals surface area contributed by atoms with Gasteiger partial charge in [0.25, 0.3) is 5.91 Å². The van der Waals surface area contributed by atoms with Crippen molar-refractivity contribution in [2.75, 3.05) is 26.7 Å². The molecule has 1 aromatic heterocycles. The minimum atomic E-state index is -0.374. The molecule has 0 saturated heterocycles. The molecule has 7 nitrogen and oxygen atoms in total. The maximum Gasteiger partial charge on any atom is 0.259 e. The second-order valence-electron chi connectivity index (χ2n) is 8.21. The molecule has 3 rings (SSSR count). The van der Waals surface area contributed by atoms with Gasteiger partial charge in [-0.2, -0.15) is 0 Å². The maximum absolute atomic E-state index is 13.4. The first kappa shape index (κ1) is 23.3. The SMILES string of the molecule is CC(=O)N(C)C[C@@H]1Oc2ncc(C#Cc3ccccc3)cc2C(=O)N([C@H](C)CO)C[C@@H]1C. The van der Waals surface area contributed by atoms with Gasteiger partial charge in [0.15, 0.2) is 0 Å². The molecule has 32 heavy (non-hydrogen) atoms. The van der Waals surface area contributed by atoms with Crippen LogP contribution in [0.25, 0.3) is 0 Å². The van der Waals surface area contributed by atoms with Crippen molar-refractivity contribution in [1.29, 1.82) is 0 Å². The molecule has 0 spiro atoms. The number of amides is 2. The summed E-state index contributed by atoms with van der Waals surface area (Å²) >= 11 is 0. The summed E-state index contributed by atoms with van der Waals surface area (Å²) in [5, 5.41) is 9.73. The average molecular weight is 436 g/mol. The number of likely N-dealkylation sites (N-methyl/N-ethyl adjacent to an activating group) is 1. The zero-order valence-corrected chi connectivity index (χ0v) is 18.9. The number of aliphatic hydroxyl groups excluding tert-OH is 1. The standard InChI is InChI=1S/C25H29N3O4/c1-17-14-28(18(2)16-29)25(31)22-12-21(11-10-20-8-6-5-7-9-20)13-26-24(22)32-23(17)15-27(4)19(3)30/h5-9,12-13,17-18,23,29H,14-16H2,1-4H3/t17-,18+,23-/m0/s1. The summed E-state index contributed by atoms with van der Waals surface area (Å²) in [6, 6.07) is 10.9. The zero-order chi connectivity index (χ0) is 23.3. The van der Waals surface area contributed by atoms with E-state index in [1.165, 1.54) is 6.92 Å². The molecule has 2 aromatic rings. The van der Waals surface area contributed by atoms with E-state index >= 15 is 0 Å². The highest BCUT2D eigenvalue weighted by molar-refractivity contribution is 5.97. The molecule has 0 radical (unpaired) electrons. The van der Waals surface area contributed by atoms with Gasteiger partial charge in [-0.05, 0) is 25.1 Å². The molecule has 7 heteroatoms. The van der Waals surface area contributed by atoms with E-state index in [2.05, 4.69) is 16.8 Å². The van der Waals surface area contributed by atoms with Crippen LogP contribution in [0.1, 0.15) is 42.3 Å². The normalized spacial score (nSPS) is 18.9. The van der Waals surface area contributed by atoms with E-state index in [1.807, 2.05) is 37.3 Å². The molecule has 3 atom stereocenters. The molecular weight excluding hydrogens is 406 g/mol. The number of fused-ring (bicyclic) bond motifs is 1. The van der Waals surface area contributed by atoms with Crippen molar-refractivity contribution in [3.05, 3.63) is 59.3 Å². The van der Waals surface area contributed by atoms with E-state index in [-0.39, 0.29) is 42.4 Å². The second kappa shape index (κ2) is 10.3. The molecule has 1 N–H and O–H groups in total. The third kappa shape index (κ3) is 5.45. The fourth-order valence-corrected chi connectivity index (χ4v) is 3.45. The fraction of sp³-hybridized carbons (Fsp3) is 0.400. The van der Waals surface area contributed by atoms with Crippen molar-refractivity contribution in [2.45, 2.75) is 32.9 Å². The number of hydrogen-bond donors (Lipinski definition) is 1. The van der Waals surface area contributed by atoms with E-state index in [1.54, 1.807) is 36.0 Å². The number of carbonyl (C=O) groups is 2. The van der Waals surface area contributed by atoms with Crippen LogP contribution in [0.4, 0.5) is 0 Å². The highest BCUT2D eigenvalue weighted by atomic mass is 16.5. The van der Waals surface area contributed by atoms with Crippen molar-refractivity contribution < 1.29 is 19.4 Å². The molecule has 0 aliphatic carbocycles. The molecule has 168 valence electrons. The number of nitrogens with zero attached hydrogens (tertiary/aromatic N) is 3. The van der Waals surface area contributed by atoms with Gasteiger partial charge in [0.1, 0.15) is 11.7 Å². The Morgan fingerprint density at radius 3 is 2.66 bits per heavy atom. The van der Waals surface area contributed by atoms with Crippen LogP contribution in [-0.2, 0) is 4.79 Å². The lowest BCUT2D eigenvalue weighted by Gasteiger charge is -2.37. The van der Waals surface area contributed by atoms with Gasteiger partial charge in [0, 0.05) is 43.8 Å². The number of pyridine rings is 1. The monoisotopic (exact) mass is 435 g/mol. The third-order valence-corrected chi connectivity index (χ3v) is 5.64. The Labute approximate surface area is 189 Å². The second-order valence-corrected chi connectivity index (χ2v) is 8.21. The number of aliphatic hydroxyl groups is 1. The van der Waals surface area contributed by atoms with Crippen LogP contribution >= 0.6 is 0 Å². The van der Waals surface area contributed by atoms with Crippen LogP contribution in [0.5, 0.6) is 5.88 Å². The molecule has 1 aliphatic heterocycles. The highest BCUT2D eigenvalue weighted by Gasteiger charge is 2.34. The Morgan fingerprint density at radius 2 is 2.00 bits per heavy atom. The van der Waals surface area contributed by atoms with Crippen molar-refractivity contribution in [3.8, 4) is 17.7 Å². The lowest BCUT2D eigenvalue weighted by Crippen LogP contribution is -2.50. The quantitative estimate of drug-likeness (QED) is 0.745. The molecule has 0 fully saturated rings. The van der Waals surface area contributed by atoms with Gasteiger partial charge in [0.05, 0.1) is 19.2 Å². The van der Waals surface area contributed by atoms with Crippen LogP contribution in [0.15, 0.2) is 42.6 Å². The minimum absolute atomic E-state index is 0.0702. The molecule has 1 aliphatic rings. The molecule has 2 heterocycles. The Hall–Kier alpha value is -3.37. The predicted molar refractivity (Wildman–Crippen MR) is 121 cm³/mol. The van der Waals surface area contributed by atoms with E-state index in [0.29, 0.717) is 24.2 Å². The summed E-state index contributed by atoms with van der Waals surface area (Å²) in [7, 11) is 1.72. The zero-order valence-electron chi connectivity index (χ0n) is 18.9. The lowest BCUT2D eigenvalue weighted by molar-refractivity contribution is -0.129. The van der Waals surface area contributed by atoms with Gasteiger partial charge in [-0.15, -0.1) is 0 Å². The summed E-state index contributed by atoms with van der Waals surface area (Å²) in [5.41, 5.74) is 1.75. The lowest BCUT2D eigenvalue weighted by atomic mass is 10.00. The number of rotatable bonds is 4. The first-order chi connectivity index (χ1) is 15.3. The summed E-state index contributed by atoms with van der Waals surface area (Å²) in [6.07, 6.45) is 1.22. The van der Waals surface area contributed by atoms with Crippen LogP contribution in [-0.4, -0.2) is 70.6 Å². The van der Waals surface area contributed by atoms with Crippen LogP contribution < -0.4 is 4.74 Å². The highest BCUT2D eigenvalue weighted by Crippen LogP contribution is 2.27. The smallest absolute Gasteiger partial charge is 0.259 e. The first-order valence-electron chi connectivity index (χ1n) is 10.7. The largest absolute Gasteiger partial charge is 0.472 e. The van der Waals surface area contributed by atoms with E-state index < -0.39 is 0 Å². The number of carbonyl (C=O) groups excluding carboxylic acids is 2. The Bertz CT molecular complexity index is 1030. The Balaban J connectivity index is 2.00. The summed E-state index contributed by atoms with van der Waals surface area (Å²) in [5.74, 6) is 5.92. The third-order valence-electron chi connectivity index (χ3n) is 5.64. The van der Waals surface area contributed by atoms with Crippen molar-refractivity contribution >= 4 is 11.8 Å². The van der Waals surface area contributed by atoms with Gasteiger partial charge >= 0.3 is 0 Å². The van der Waals surface area contributed by atoms with Gasteiger partial charge in [0.2, 0.25) is 11.8 Å². The topological polar surface area (TPSA) is 83.0 Å². The summed E-state index contributed by atoms with van der Waals surface area (Å²) in [4.78, 5) is 32.8. The van der Waals surface area contributed by atoms with Crippen LogP contribution in [0, 0.1) is 17.8 Å². The van der Waals surface area contributed by atoms with Crippen molar-refractivity contribution in [1.82, 2.24) is 14.8 Å².